The van der Waals surface area contributed by atoms with Crippen molar-refractivity contribution < 1.29 is 19.4 Å². The molecule has 1 saturated heterocycles. The molecule has 44 heavy (non-hydrogen) atoms. The van der Waals surface area contributed by atoms with Crippen LogP contribution in [0.1, 0.15) is 74.0 Å². The van der Waals surface area contributed by atoms with Crippen LogP contribution in [0.25, 0.3) is 11.0 Å². The molecule has 9 rings (SSSR count). The average molecular weight is 593 g/mol. The molecule has 4 aromatic rings. The number of nitrogens with one attached hydrogen (secondary N) is 2. The molecular formula is C36H40N4O4. The number of ether oxygens (including phenoxy) is 2. The molecule has 1 aromatic heterocycles. The van der Waals surface area contributed by atoms with Gasteiger partial charge in [-0.15, -0.1) is 0 Å². The van der Waals surface area contributed by atoms with Crippen LogP contribution >= 0.6 is 0 Å². The van der Waals surface area contributed by atoms with Gasteiger partial charge in [0, 0.05) is 23.2 Å². The van der Waals surface area contributed by atoms with E-state index in [1.807, 2.05) is 73.1 Å². The Balaban J connectivity index is 0.976. The molecule has 5 fully saturated rings. The standard InChI is InChI=1S/C36H40N4O4/c41-21-23-5-7-27(8-6-23)33-16-30(20-40-22-37-31-3-1-2-4-32(31)40)43-34(44-33)28-9-11-29(12-10-28)38-35(42)39-36-17-24-13-25(18-36)15-26(14-24)19-36/h1-12,22,24-26,30,33-34,41H,13-21H2,(H2,38,39,42). The molecule has 2 amide bonds. The number of carbonyl (C=O) groups is 1. The molecule has 228 valence electrons. The Morgan fingerprint density at radius 2 is 1.55 bits per heavy atom. The predicted octanol–water partition coefficient (Wildman–Crippen LogP) is 6.86. The van der Waals surface area contributed by atoms with Gasteiger partial charge in [-0.25, -0.2) is 9.78 Å². The summed E-state index contributed by atoms with van der Waals surface area (Å²) in [5.41, 5.74) is 5.58. The van der Waals surface area contributed by atoms with Crippen molar-refractivity contribution in [1.29, 1.82) is 0 Å². The fourth-order valence-corrected chi connectivity index (χ4v) is 8.80. The SMILES string of the molecule is O=C(Nc1ccc(C2OC(Cn3cnc4ccccc43)CC(c3ccc(CO)cc3)O2)cc1)NC12CC3CC(CC(C3)C1)C2. The van der Waals surface area contributed by atoms with Crippen molar-refractivity contribution in [2.45, 2.75) is 82.1 Å². The van der Waals surface area contributed by atoms with E-state index in [2.05, 4.69) is 26.3 Å². The van der Waals surface area contributed by atoms with Gasteiger partial charge >= 0.3 is 6.03 Å². The lowest BCUT2D eigenvalue weighted by Crippen LogP contribution is -2.60. The highest BCUT2D eigenvalue weighted by atomic mass is 16.7. The van der Waals surface area contributed by atoms with E-state index in [0.717, 1.165) is 70.4 Å². The topological polar surface area (TPSA) is 97.6 Å². The van der Waals surface area contributed by atoms with Crippen molar-refractivity contribution in [3.63, 3.8) is 0 Å². The van der Waals surface area contributed by atoms with Crippen LogP contribution < -0.4 is 10.6 Å². The van der Waals surface area contributed by atoms with E-state index >= 15 is 0 Å². The predicted molar refractivity (Wildman–Crippen MR) is 168 cm³/mol. The van der Waals surface area contributed by atoms with Gasteiger partial charge in [0.05, 0.1) is 42.7 Å². The van der Waals surface area contributed by atoms with Crippen molar-refractivity contribution in [3.05, 3.63) is 95.8 Å². The molecule has 5 aliphatic rings. The molecule has 3 N–H and O–H groups in total. The molecule has 8 nitrogen and oxygen atoms in total. The Kier molecular flexibility index (Phi) is 7.16. The van der Waals surface area contributed by atoms with Crippen LogP contribution in [0.2, 0.25) is 0 Å². The van der Waals surface area contributed by atoms with E-state index in [4.69, 9.17) is 9.47 Å². The molecule has 8 heteroatoms. The lowest BCUT2D eigenvalue weighted by molar-refractivity contribution is -0.252. The largest absolute Gasteiger partial charge is 0.392 e. The summed E-state index contributed by atoms with van der Waals surface area (Å²) in [6.45, 7) is 0.657. The zero-order valence-corrected chi connectivity index (χ0v) is 24.9. The molecule has 3 unspecified atom stereocenters. The number of para-hydroxylation sites is 2. The number of benzene rings is 3. The number of amides is 2. The van der Waals surface area contributed by atoms with Crippen molar-refractivity contribution in [1.82, 2.24) is 14.9 Å². The van der Waals surface area contributed by atoms with Crippen molar-refractivity contribution in [2.75, 3.05) is 5.32 Å². The number of carbonyl (C=O) groups excluding carboxylic acids is 1. The Labute approximate surface area is 257 Å². The summed E-state index contributed by atoms with van der Waals surface area (Å²) in [6, 6.07) is 23.8. The van der Waals surface area contributed by atoms with E-state index in [0.29, 0.717) is 13.0 Å². The Hall–Kier alpha value is -3.72. The summed E-state index contributed by atoms with van der Waals surface area (Å²) >= 11 is 0. The number of hydrogen-bond donors (Lipinski definition) is 3. The Morgan fingerprint density at radius 1 is 0.864 bits per heavy atom. The van der Waals surface area contributed by atoms with Crippen LogP contribution in [0.15, 0.2) is 79.1 Å². The third-order valence-electron chi connectivity index (χ3n) is 10.4. The molecule has 4 bridgehead atoms. The zero-order chi connectivity index (χ0) is 29.7. The van der Waals surface area contributed by atoms with E-state index in [9.17, 15) is 9.90 Å². The second-order valence-electron chi connectivity index (χ2n) is 13.6. The molecule has 4 aliphatic carbocycles. The van der Waals surface area contributed by atoms with Gasteiger partial charge in [0.1, 0.15) is 0 Å². The molecule has 0 spiro atoms. The third kappa shape index (κ3) is 5.51. The summed E-state index contributed by atoms with van der Waals surface area (Å²) in [5.74, 6) is 2.34. The summed E-state index contributed by atoms with van der Waals surface area (Å²) in [6.07, 6.45) is 9.14. The Bertz CT molecular complexity index is 1600. The van der Waals surface area contributed by atoms with Crippen LogP contribution in [0.4, 0.5) is 10.5 Å². The second-order valence-corrected chi connectivity index (χ2v) is 13.6. The number of urea groups is 1. The summed E-state index contributed by atoms with van der Waals surface area (Å²) in [7, 11) is 0. The maximum absolute atomic E-state index is 13.1. The first kappa shape index (κ1) is 27.8. The normalized spacial score (nSPS) is 30.8. The molecule has 1 aliphatic heterocycles. The highest BCUT2D eigenvalue weighted by Gasteiger charge is 2.51. The zero-order valence-electron chi connectivity index (χ0n) is 24.9. The van der Waals surface area contributed by atoms with Gasteiger partial charge in [-0.1, -0.05) is 48.5 Å². The summed E-state index contributed by atoms with van der Waals surface area (Å²) in [4.78, 5) is 17.7. The van der Waals surface area contributed by atoms with Gasteiger partial charge < -0.3 is 29.8 Å². The first-order valence-corrected chi connectivity index (χ1v) is 16.1. The summed E-state index contributed by atoms with van der Waals surface area (Å²) in [5, 5.41) is 16.0. The van der Waals surface area contributed by atoms with E-state index < -0.39 is 6.29 Å². The van der Waals surface area contributed by atoms with Gasteiger partial charge in [-0.3, -0.25) is 0 Å². The fraction of sp³-hybridized carbons (Fsp3) is 0.444. The number of aliphatic hydroxyl groups excluding tert-OH is 1. The summed E-state index contributed by atoms with van der Waals surface area (Å²) < 4.78 is 15.2. The maximum atomic E-state index is 13.1. The van der Waals surface area contributed by atoms with E-state index in [1.54, 1.807) is 0 Å². The van der Waals surface area contributed by atoms with Crippen LogP contribution in [-0.2, 0) is 22.6 Å². The molecule has 2 heterocycles. The molecule has 4 saturated carbocycles. The first-order chi connectivity index (χ1) is 21.5. The van der Waals surface area contributed by atoms with Crippen molar-refractivity contribution in [2.24, 2.45) is 17.8 Å². The van der Waals surface area contributed by atoms with Crippen LogP contribution in [0.3, 0.4) is 0 Å². The molecule has 0 radical (unpaired) electrons. The molecule has 3 atom stereocenters. The minimum atomic E-state index is -0.569. The quantitative estimate of drug-likeness (QED) is 0.218. The lowest BCUT2D eigenvalue weighted by atomic mass is 9.53. The average Bonchev–Trinajstić information content (AvgIpc) is 3.43. The highest BCUT2D eigenvalue weighted by Crippen LogP contribution is 2.55. The number of aliphatic hydroxyl groups is 1. The monoisotopic (exact) mass is 592 g/mol. The second kappa shape index (κ2) is 11.3. The van der Waals surface area contributed by atoms with Gasteiger partial charge in [-0.2, -0.15) is 0 Å². The first-order valence-electron chi connectivity index (χ1n) is 16.1. The number of nitrogens with zero attached hydrogens (tertiary/aromatic N) is 2. The van der Waals surface area contributed by atoms with Crippen molar-refractivity contribution >= 4 is 22.8 Å². The molecule has 3 aromatic carbocycles. The smallest absolute Gasteiger partial charge is 0.319 e. The van der Waals surface area contributed by atoms with Gasteiger partial charge in [-0.05, 0) is 91.7 Å². The number of hydrogen-bond acceptors (Lipinski definition) is 5. The number of rotatable bonds is 7. The maximum Gasteiger partial charge on any atom is 0.319 e. The minimum Gasteiger partial charge on any atom is -0.392 e. The third-order valence-corrected chi connectivity index (χ3v) is 10.4. The van der Waals surface area contributed by atoms with Gasteiger partial charge in [0.15, 0.2) is 6.29 Å². The number of anilines is 1. The minimum absolute atomic E-state index is 0.00875. The van der Waals surface area contributed by atoms with Crippen LogP contribution in [-0.4, -0.2) is 32.3 Å². The molecular weight excluding hydrogens is 552 g/mol. The lowest BCUT2D eigenvalue weighted by Gasteiger charge is -2.56. The van der Waals surface area contributed by atoms with Crippen LogP contribution in [0, 0.1) is 17.8 Å². The van der Waals surface area contributed by atoms with E-state index in [1.165, 1.54) is 19.3 Å². The Morgan fingerprint density at radius 3 is 2.25 bits per heavy atom. The number of aromatic nitrogens is 2. The van der Waals surface area contributed by atoms with Crippen molar-refractivity contribution in [3.8, 4) is 0 Å². The van der Waals surface area contributed by atoms with E-state index in [-0.39, 0.29) is 30.4 Å². The highest BCUT2D eigenvalue weighted by molar-refractivity contribution is 5.89. The number of imidazole rings is 1. The number of fused-ring (bicyclic) bond motifs is 1. The van der Waals surface area contributed by atoms with Crippen LogP contribution in [0.5, 0.6) is 0 Å². The van der Waals surface area contributed by atoms with Gasteiger partial charge in [0.2, 0.25) is 0 Å². The van der Waals surface area contributed by atoms with Gasteiger partial charge in [0.25, 0.3) is 0 Å². The fourth-order valence-electron chi connectivity index (χ4n) is 8.80.